The second kappa shape index (κ2) is 4.87. The molecular weight excluding hydrogens is 216 g/mol. The van der Waals surface area contributed by atoms with Crippen molar-refractivity contribution in [2.24, 2.45) is 7.05 Å². The van der Waals surface area contributed by atoms with Gasteiger partial charge in [-0.3, -0.25) is 9.48 Å². The number of carbonyl (C=O) groups excluding carboxylic acids is 1. The number of aryl methyl sites for hydroxylation is 1. The number of aromatic nitrogens is 2. The Morgan fingerprint density at radius 2 is 2.53 bits per heavy atom. The summed E-state index contributed by atoms with van der Waals surface area (Å²) in [6, 6.07) is 1.92. The summed E-state index contributed by atoms with van der Waals surface area (Å²) >= 11 is 0. The van der Waals surface area contributed by atoms with E-state index in [1.165, 1.54) is 0 Å². The van der Waals surface area contributed by atoms with Crippen molar-refractivity contribution in [3.63, 3.8) is 0 Å². The zero-order valence-corrected chi connectivity index (χ0v) is 10.5. The van der Waals surface area contributed by atoms with Crippen LogP contribution >= 0.6 is 0 Å². The number of nitrogens with zero attached hydrogens (tertiary/aromatic N) is 2. The van der Waals surface area contributed by atoms with Crippen molar-refractivity contribution in [2.45, 2.75) is 38.3 Å². The summed E-state index contributed by atoms with van der Waals surface area (Å²) in [6.07, 6.45) is 4.59. The van der Waals surface area contributed by atoms with E-state index in [9.17, 15) is 4.79 Å². The van der Waals surface area contributed by atoms with Gasteiger partial charge in [0.15, 0.2) is 0 Å². The molecule has 94 valence electrons. The molecule has 0 aliphatic carbocycles. The highest BCUT2D eigenvalue weighted by Crippen LogP contribution is 2.23. The zero-order chi connectivity index (χ0) is 12.3. The van der Waals surface area contributed by atoms with E-state index in [4.69, 9.17) is 0 Å². The highest BCUT2D eigenvalue weighted by Gasteiger charge is 2.38. The SMILES string of the molecule is CCC1(C(=O)NCc2ccnn2C)CCCN1. The molecule has 17 heavy (non-hydrogen) atoms. The summed E-state index contributed by atoms with van der Waals surface area (Å²) < 4.78 is 1.78. The Bertz CT molecular complexity index is 393. The second-order valence-corrected chi connectivity index (χ2v) is 4.59. The second-order valence-electron chi connectivity index (χ2n) is 4.59. The van der Waals surface area contributed by atoms with Crippen molar-refractivity contribution in [3.05, 3.63) is 18.0 Å². The van der Waals surface area contributed by atoms with E-state index in [1.807, 2.05) is 13.1 Å². The zero-order valence-electron chi connectivity index (χ0n) is 10.5. The fourth-order valence-corrected chi connectivity index (χ4v) is 2.38. The molecule has 1 fully saturated rings. The Kier molecular flexibility index (Phi) is 3.47. The van der Waals surface area contributed by atoms with Gasteiger partial charge >= 0.3 is 0 Å². The molecule has 0 aromatic carbocycles. The molecule has 1 unspecified atom stereocenters. The summed E-state index contributed by atoms with van der Waals surface area (Å²) in [5, 5.41) is 10.4. The lowest BCUT2D eigenvalue weighted by Gasteiger charge is -2.26. The predicted octanol–water partition coefficient (Wildman–Crippen LogP) is 0.568. The fourth-order valence-electron chi connectivity index (χ4n) is 2.38. The van der Waals surface area contributed by atoms with Crippen LogP contribution in [0.1, 0.15) is 31.9 Å². The quantitative estimate of drug-likeness (QED) is 0.803. The van der Waals surface area contributed by atoms with Gasteiger partial charge in [-0.05, 0) is 31.9 Å². The molecule has 1 aromatic rings. The van der Waals surface area contributed by atoms with Gasteiger partial charge in [0, 0.05) is 13.2 Å². The van der Waals surface area contributed by atoms with Gasteiger partial charge in [0.1, 0.15) is 0 Å². The molecule has 0 saturated carbocycles. The Morgan fingerprint density at radius 1 is 1.71 bits per heavy atom. The van der Waals surface area contributed by atoms with Gasteiger partial charge in [-0.25, -0.2) is 0 Å². The maximum Gasteiger partial charge on any atom is 0.240 e. The topological polar surface area (TPSA) is 59.0 Å². The van der Waals surface area contributed by atoms with Crippen molar-refractivity contribution >= 4 is 5.91 Å². The minimum Gasteiger partial charge on any atom is -0.349 e. The smallest absolute Gasteiger partial charge is 0.240 e. The van der Waals surface area contributed by atoms with E-state index in [1.54, 1.807) is 10.9 Å². The summed E-state index contributed by atoms with van der Waals surface area (Å²) in [4.78, 5) is 12.2. The maximum atomic E-state index is 12.2. The molecule has 5 heteroatoms. The fraction of sp³-hybridized carbons (Fsp3) is 0.667. The van der Waals surface area contributed by atoms with Gasteiger partial charge in [-0.2, -0.15) is 5.10 Å². The van der Waals surface area contributed by atoms with Crippen LogP contribution in [-0.4, -0.2) is 27.8 Å². The van der Waals surface area contributed by atoms with Crippen LogP contribution in [0.25, 0.3) is 0 Å². The first-order valence-corrected chi connectivity index (χ1v) is 6.18. The molecule has 0 spiro atoms. The van der Waals surface area contributed by atoms with Gasteiger partial charge in [-0.15, -0.1) is 0 Å². The highest BCUT2D eigenvalue weighted by molar-refractivity contribution is 5.86. The third-order valence-corrected chi connectivity index (χ3v) is 3.63. The molecule has 2 rings (SSSR count). The van der Waals surface area contributed by atoms with Crippen LogP contribution in [-0.2, 0) is 18.4 Å². The average molecular weight is 236 g/mol. The molecule has 1 saturated heterocycles. The molecule has 0 radical (unpaired) electrons. The van der Waals surface area contributed by atoms with E-state index in [0.717, 1.165) is 31.5 Å². The Labute approximate surface area is 102 Å². The summed E-state index contributed by atoms with van der Waals surface area (Å²) in [6.45, 7) is 3.54. The third-order valence-electron chi connectivity index (χ3n) is 3.63. The Hall–Kier alpha value is -1.36. The lowest BCUT2D eigenvalue weighted by molar-refractivity contribution is -0.127. The van der Waals surface area contributed by atoms with Crippen LogP contribution in [0.4, 0.5) is 0 Å². The van der Waals surface area contributed by atoms with Crippen LogP contribution < -0.4 is 10.6 Å². The molecular formula is C12H20N4O. The van der Waals surface area contributed by atoms with E-state index in [2.05, 4.69) is 22.7 Å². The standard InChI is InChI=1S/C12H20N4O/c1-3-12(6-4-7-14-12)11(17)13-9-10-5-8-15-16(10)2/h5,8,14H,3-4,6-7,9H2,1-2H3,(H,13,17). The van der Waals surface area contributed by atoms with Gasteiger partial charge in [-0.1, -0.05) is 6.92 Å². The number of carbonyl (C=O) groups is 1. The lowest BCUT2D eigenvalue weighted by Crippen LogP contribution is -2.52. The van der Waals surface area contributed by atoms with Crippen molar-refractivity contribution in [1.29, 1.82) is 0 Å². The number of amides is 1. The number of rotatable bonds is 4. The summed E-state index contributed by atoms with van der Waals surface area (Å²) in [7, 11) is 1.88. The highest BCUT2D eigenvalue weighted by atomic mass is 16.2. The predicted molar refractivity (Wildman–Crippen MR) is 65.3 cm³/mol. The molecule has 0 bridgehead atoms. The maximum absolute atomic E-state index is 12.2. The van der Waals surface area contributed by atoms with Crippen molar-refractivity contribution in [2.75, 3.05) is 6.54 Å². The van der Waals surface area contributed by atoms with Crippen LogP contribution in [0.3, 0.4) is 0 Å². The van der Waals surface area contributed by atoms with Crippen molar-refractivity contribution < 1.29 is 4.79 Å². The van der Waals surface area contributed by atoms with Crippen molar-refractivity contribution in [3.8, 4) is 0 Å². The van der Waals surface area contributed by atoms with Crippen LogP contribution in [0.2, 0.25) is 0 Å². The van der Waals surface area contributed by atoms with E-state index in [0.29, 0.717) is 6.54 Å². The minimum absolute atomic E-state index is 0.110. The molecule has 1 aliphatic heterocycles. The number of hydrogen-bond acceptors (Lipinski definition) is 3. The van der Waals surface area contributed by atoms with E-state index < -0.39 is 0 Å². The molecule has 1 aliphatic rings. The monoisotopic (exact) mass is 236 g/mol. The Balaban J connectivity index is 1.95. The van der Waals surface area contributed by atoms with Crippen LogP contribution in [0.5, 0.6) is 0 Å². The van der Waals surface area contributed by atoms with Gasteiger partial charge < -0.3 is 10.6 Å². The summed E-state index contributed by atoms with van der Waals surface area (Å²) in [5.41, 5.74) is 0.668. The van der Waals surface area contributed by atoms with Crippen LogP contribution in [0.15, 0.2) is 12.3 Å². The lowest BCUT2D eigenvalue weighted by atomic mass is 9.93. The number of hydrogen-bond donors (Lipinski definition) is 2. The molecule has 1 atom stereocenters. The molecule has 1 aromatic heterocycles. The van der Waals surface area contributed by atoms with Crippen molar-refractivity contribution in [1.82, 2.24) is 20.4 Å². The largest absolute Gasteiger partial charge is 0.349 e. The molecule has 1 amide bonds. The van der Waals surface area contributed by atoms with E-state index in [-0.39, 0.29) is 11.4 Å². The molecule has 2 heterocycles. The minimum atomic E-state index is -0.349. The normalized spacial score (nSPS) is 23.9. The first-order valence-electron chi connectivity index (χ1n) is 6.18. The van der Waals surface area contributed by atoms with Gasteiger partial charge in [0.2, 0.25) is 5.91 Å². The molecule has 2 N–H and O–H groups in total. The van der Waals surface area contributed by atoms with Gasteiger partial charge in [0.25, 0.3) is 0 Å². The van der Waals surface area contributed by atoms with Gasteiger partial charge in [0.05, 0.1) is 17.8 Å². The third kappa shape index (κ3) is 2.34. The summed E-state index contributed by atoms with van der Waals surface area (Å²) in [5.74, 6) is 0.110. The van der Waals surface area contributed by atoms with E-state index >= 15 is 0 Å². The first-order chi connectivity index (χ1) is 8.18. The molecule has 5 nitrogen and oxygen atoms in total. The van der Waals surface area contributed by atoms with Crippen LogP contribution in [0, 0.1) is 0 Å². The first kappa shape index (κ1) is 12.1. The average Bonchev–Trinajstić information content (AvgIpc) is 2.95. The number of nitrogens with one attached hydrogen (secondary N) is 2. The Morgan fingerprint density at radius 3 is 3.06 bits per heavy atom.